The zero-order valence-corrected chi connectivity index (χ0v) is 11.1. The van der Waals surface area contributed by atoms with E-state index < -0.39 is 0 Å². The molecule has 0 aliphatic carbocycles. The van der Waals surface area contributed by atoms with Gasteiger partial charge in [0.05, 0.1) is 6.54 Å². The third-order valence-electron chi connectivity index (χ3n) is 3.47. The maximum atomic E-state index is 4.31. The summed E-state index contributed by atoms with van der Waals surface area (Å²) in [6.45, 7) is 5.26. The fourth-order valence-electron chi connectivity index (χ4n) is 2.49. The summed E-state index contributed by atoms with van der Waals surface area (Å²) in [5.74, 6) is 2.12. The van der Waals surface area contributed by atoms with Crippen molar-refractivity contribution in [3.05, 3.63) is 29.1 Å². The van der Waals surface area contributed by atoms with Crippen molar-refractivity contribution in [2.45, 2.75) is 31.7 Å². The number of nitrogens with zero attached hydrogens (tertiary/aromatic N) is 3. The molecule has 3 nitrogen and oxygen atoms in total. The summed E-state index contributed by atoms with van der Waals surface area (Å²) in [4.78, 5) is 1.36. The third kappa shape index (κ3) is 1.43. The Morgan fingerprint density at radius 1 is 1.35 bits per heavy atom. The van der Waals surface area contributed by atoms with Crippen LogP contribution in [0.25, 0.3) is 11.4 Å². The van der Waals surface area contributed by atoms with Crippen LogP contribution in [0.5, 0.6) is 0 Å². The topological polar surface area (TPSA) is 30.7 Å². The van der Waals surface area contributed by atoms with Gasteiger partial charge in [-0.15, -0.1) is 22.0 Å². The van der Waals surface area contributed by atoms with Crippen molar-refractivity contribution in [2.75, 3.05) is 6.26 Å². The third-order valence-corrected chi connectivity index (χ3v) is 4.35. The Labute approximate surface area is 105 Å². The standard InChI is InChI=1S/C13H15N3S/c1-4-12-14-15-13-9-5-6-11(17-3)8(2)10(9)7-16(12)13/h5-6H,4,7H2,1-3H3. The van der Waals surface area contributed by atoms with Crippen molar-refractivity contribution in [1.82, 2.24) is 14.8 Å². The Kier molecular flexibility index (Phi) is 2.47. The largest absolute Gasteiger partial charge is 0.306 e. The van der Waals surface area contributed by atoms with Gasteiger partial charge in [0.15, 0.2) is 5.82 Å². The van der Waals surface area contributed by atoms with Crippen molar-refractivity contribution in [3.63, 3.8) is 0 Å². The molecule has 1 aromatic heterocycles. The first kappa shape index (κ1) is 10.8. The maximum absolute atomic E-state index is 4.31. The minimum atomic E-state index is 0.932. The predicted molar refractivity (Wildman–Crippen MR) is 70.5 cm³/mol. The van der Waals surface area contributed by atoms with Crippen LogP contribution >= 0.6 is 11.8 Å². The van der Waals surface area contributed by atoms with Gasteiger partial charge in [0.25, 0.3) is 0 Å². The first-order valence-corrected chi connectivity index (χ1v) is 7.07. The molecule has 3 rings (SSSR count). The minimum absolute atomic E-state index is 0.932. The van der Waals surface area contributed by atoms with Gasteiger partial charge < -0.3 is 4.57 Å². The van der Waals surface area contributed by atoms with Crippen LogP contribution in [0.2, 0.25) is 0 Å². The molecule has 0 saturated heterocycles. The summed E-state index contributed by atoms with van der Waals surface area (Å²) in [7, 11) is 0. The molecule has 0 unspecified atom stereocenters. The summed E-state index contributed by atoms with van der Waals surface area (Å²) in [5, 5.41) is 8.55. The van der Waals surface area contributed by atoms with Gasteiger partial charge in [-0.25, -0.2) is 0 Å². The SMILES string of the molecule is CCc1nnc2n1Cc1c-2ccc(SC)c1C. The number of aromatic nitrogens is 3. The molecule has 2 heterocycles. The Morgan fingerprint density at radius 2 is 2.18 bits per heavy atom. The zero-order valence-electron chi connectivity index (χ0n) is 10.3. The van der Waals surface area contributed by atoms with E-state index in [0.717, 1.165) is 24.6 Å². The molecular formula is C13H15N3S. The lowest BCUT2D eigenvalue weighted by Crippen LogP contribution is -2.00. The molecule has 0 spiro atoms. The molecule has 0 atom stereocenters. The number of hydrogen-bond acceptors (Lipinski definition) is 3. The van der Waals surface area contributed by atoms with E-state index in [2.05, 4.69) is 47.0 Å². The maximum Gasteiger partial charge on any atom is 0.164 e. The number of fused-ring (bicyclic) bond motifs is 3. The fourth-order valence-corrected chi connectivity index (χ4v) is 3.12. The highest BCUT2D eigenvalue weighted by Gasteiger charge is 2.25. The highest BCUT2D eigenvalue weighted by atomic mass is 32.2. The predicted octanol–water partition coefficient (Wildman–Crippen LogP) is 2.90. The zero-order chi connectivity index (χ0) is 12.0. The van der Waals surface area contributed by atoms with E-state index in [9.17, 15) is 0 Å². The molecule has 1 aliphatic heterocycles. The van der Waals surface area contributed by atoms with E-state index in [4.69, 9.17) is 0 Å². The Bertz CT molecular complexity index is 587. The molecule has 0 bridgehead atoms. The van der Waals surface area contributed by atoms with E-state index in [1.165, 1.54) is 21.6 Å². The van der Waals surface area contributed by atoms with E-state index >= 15 is 0 Å². The molecule has 4 heteroatoms. The van der Waals surface area contributed by atoms with Gasteiger partial charge >= 0.3 is 0 Å². The number of hydrogen-bond donors (Lipinski definition) is 0. The Morgan fingerprint density at radius 3 is 2.88 bits per heavy atom. The molecule has 0 radical (unpaired) electrons. The molecular weight excluding hydrogens is 230 g/mol. The van der Waals surface area contributed by atoms with Crippen molar-refractivity contribution < 1.29 is 0 Å². The molecule has 0 fully saturated rings. The number of benzene rings is 1. The quantitative estimate of drug-likeness (QED) is 0.650. The van der Waals surface area contributed by atoms with Gasteiger partial charge in [0, 0.05) is 16.9 Å². The van der Waals surface area contributed by atoms with Gasteiger partial charge in [-0.2, -0.15) is 0 Å². The fraction of sp³-hybridized carbons (Fsp3) is 0.385. The van der Waals surface area contributed by atoms with Crippen LogP contribution < -0.4 is 0 Å². The summed E-state index contributed by atoms with van der Waals surface area (Å²) in [6.07, 6.45) is 3.07. The molecule has 1 aromatic carbocycles. The highest BCUT2D eigenvalue weighted by molar-refractivity contribution is 7.98. The van der Waals surface area contributed by atoms with E-state index in [0.29, 0.717) is 0 Å². The lowest BCUT2D eigenvalue weighted by atomic mass is 10.0. The van der Waals surface area contributed by atoms with E-state index in [1.54, 1.807) is 0 Å². The van der Waals surface area contributed by atoms with Gasteiger partial charge in [0.1, 0.15) is 5.82 Å². The van der Waals surface area contributed by atoms with Crippen LogP contribution in [0.4, 0.5) is 0 Å². The van der Waals surface area contributed by atoms with Gasteiger partial charge in [0.2, 0.25) is 0 Å². The van der Waals surface area contributed by atoms with E-state index in [-0.39, 0.29) is 0 Å². The molecule has 0 saturated carbocycles. The number of aryl methyl sites for hydroxylation is 1. The van der Waals surface area contributed by atoms with Crippen molar-refractivity contribution in [1.29, 1.82) is 0 Å². The van der Waals surface area contributed by atoms with Crippen LogP contribution in [0, 0.1) is 6.92 Å². The first-order valence-electron chi connectivity index (χ1n) is 5.85. The van der Waals surface area contributed by atoms with Crippen LogP contribution in [0.1, 0.15) is 23.9 Å². The summed E-state index contributed by atoms with van der Waals surface area (Å²) < 4.78 is 2.24. The van der Waals surface area contributed by atoms with Crippen molar-refractivity contribution in [3.8, 4) is 11.4 Å². The molecule has 0 N–H and O–H groups in total. The van der Waals surface area contributed by atoms with Crippen LogP contribution in [-0.4, -0.2) is 21.0 Å². The number of thioether (sulfide) groups is 1. The van der Waals surface area contributed by atoms with Crippen LogP contribution in [-0.2, 0) is 13.0 Å². The average Bonchev–Trinajstić information content (AvgIpc) is 2.88. The van der Waals surface area contributed by atoms with Crippen molar-refractivity contribution >= 4 is 11.8 Å². The average molecular weight is 245 g/mol. The van der Waals surface area contributed by atoms with Crippen molar-refractivity contribution in [2.24, 2.45) is 0 Å². The Balaban J connectivity index is 2.19. The molecule has 2 aromatic rings. The summed E-state index contributed by atoms with van der Waals surface area (Å²) in [6, 6.07) is 4.37. The molecule has 17 heavy (non-hydrogen) atoms. The summed E-state index contributed by atoms with van der Waals surface area (Å²) in [5.41, 5.74) is 4.06. The second-order valence-electron chi connectivity index (χ2n) is 4.30. The smallest absolute Gasteiger partial charge is 0.164 e. The Hall–Kier alpha value is -1.29. The number of rotatable bonds is 2. The minimum Gasteiger partial charge on any atom is -0.306 e. The van der Waals surface area contributed by atoms with Crippen LogP contribution in [0.3, 0.4) is 0 Å². The molecule has 0 amide bonds. The second kappa shape index (κ2) is 3.88. The first-order chi connectivity index (χ1) is 8.26. The molecule has 1 aliphatic rings. The van der Waals surface area contributed by atoms with Gasteiger partial charge in [-0.3, -0.25) is 0 Å². The van der Waals surface area contributed by atoms with Gasteiger partial charge in [-0.05, 0) is 36.4 Å². The van der Waals surface area contributed by atoms with Crippen LogP contribution in [0.15, 0.2) is 17.0 Å². The second-order valence-corrected chi connectivity index (χ2v) is 5.15. The lowest BCUT2D eigenvalue weighted by Gasteiger charge is -2.08. The summed E-state index contributed by atoms with van der Waals surface area (Å²) >= 11 is 1.81. The van der Waals surface area contributed by atoms with E-state index in [1.807, 2.05) is 11.8 Å². The molecule has 88 valence electrons. The van der Waals surface area contributed by atoms with Gasteiger partial charge in [-0.1, -0.05) is 6.92 Å². The lowest BCUT2D eigenvalue weighted by molar-refractivity contribution is 0.757. The monoisotopic (exact) mass is 245 g/mol. The highest BCUT2D eigenvalue weighted by Crippen LogP contribution is 2.36. The normalized spacial score (nSPS) is 12.6.